The van der Waals surface area contributed by atoms with Crippen LogP contribution in [0.2, 0.25) is 0 Å². The van der Waals surface area contributed by atoms with Crippen molar-refractivity contribution in [2.75, 3.05) is 0 Å². The number of fused-ring (bicyclic) bond motifs is 1. The third-order valence-electron chi connectivity index (χ3n) is 8.10. The second-order valence-corrected chi connectivity index (χ2v) is 10.4. The Morgan fingerprint density at radius 2 is 1.50 bits per heavy atom. The molecule has 0 saturated heterocycles. The van der Waals surface area contributed by atoms with Gasteiger partial charge >= 0.3 is 7.12 Å². The summed E-state index contributed by atoms with van der Waals surface area (Å²) in [5.41, 5.74) is 3.27. The van der Waals surface area contributed by atoms with Gasteiger partial charge in [0.15, 0.2) is 0 Å². The predicted octanol–water partition coefficient (Wildman–Crippen LogP) is 5.28. The zero-order valence-corrected chi connectivity index (χ0v) is 18.2. The number of halogens is 1. The number of hydrogen-bond donors (Lipinski definition) is 1. The van der Waals surface area contributed by atoms with Gasteiger partial charge in [-0.3, -0.25) is 4.81 Å². The molecule has 0 aromatic heterocycles. The highest BCUT2D eigenvalue weighted by Crippen LogP contribution is 2.60. The predicted molar refractivity (Wildman–Crippen MR) is 124 cm³/mol. The van der Waals surface area contributed by atoms with E-state index in [0.29, 0.717) is 10.9 Å². The summed E-state index contributed by atoms with van der Waals surface area (Å²) in [6.07, 6.45) is 8.35. The summed E-state index contributed by atoms with van der Waals surface area (Å²) < 4.78 is 13.0. The SMILES string of the molecule is OB(OOCc1ccc(F)cc1)c1ccc2ccc(C34CC5CC(CC(C5)C3)C4)cc2c1. The first-order valence-electron chi connectivity index (χ1n) is 11.8. The summed E-state index contributed by atoms with van der Waals surface area (Å²) in [5.74, 6) is 2.45. The molecule has 3 aromatic rings. The van der Waals surface area contributed by atoms with Crippen molar-refractivity contribution < 1.29 is 19.1 Å². The molecule has 4 fully saturated rings. The monoisotopic (exact) mass is 430 g/mol. The molecule has 164 valence electrons. The standard InChI is InChI=1S/C27H28BFO3/c29-26-7-1-18(2-8-26)17-31-32-28(30)25-6-4-22-3-5-24(12-23(22)13-25)27-14-19-9-20(15-27)11-21(10-19)16-27/h1-8,12-13,19-21,30H,9-11,14-17H2. The molecule has 3 nitrogen and oxygen atoms in total. The minimum absolute atomic E-state index is 0.140. The van der Waals surface area contributed by atoms with E-state index < -0.39 is 7.12 Å². The van der Waals surface area contributed by atoms with Crippen LogP contribution >= 0.6 is 0 Å². The van der Waals surface area contributed by atoms with E-state index in [1.807, 2.05) is 18.2 Å². The lowest BCUT2D eigenvalue weighted by Crippen LogP contribution is -2.48. The minimum atomic E-state index is -1.18. The zero-order chi connectivity index (χ0) is 21.7. The van der Waals surface area contributed by atoms with Gasteiger partial charge in [-0.2, -0.15) is 0 Å². The molecule has 0 radical (unpaired) electrons. The zero-order valence-electron chi connectivity index (χ0n) is 18.2. The lowest BCUT2D eigenvalue weighted by Gasteiger charge is -2.57. The number of hydrogen-bond acceptors (Lipinski definition) is 3. The fourth-order valence-corrected chi connectivity index (χ4v) is 7.02. The molecule has 0 amide bonds. The highest BCUT2D eigenvalue weighted by Gasteiger charge is 2.51. The van der Waals surface area contributed by atoms with E-state index in [9.17, 15) is 9.41 Å². The molecule has 5 heteroatoms. The molecule has 4 aliphatic carbocycles. The van der Waals surface area contributed by atoms with Gasteiger partial charge in [-0.05, 0) is 101 Å². The highest BCUT2D eigenvalue weighted by atomic mass is 19.1. The van der Waals surface area contributed by atoms with Crippen molar-refractivity contribution in [3.8, 4) is 0 Å². The molecule has 0 heterocycles. The molecule has 4 saturated carbocycles. The number of rotatable bonds is 6. The Morgan fingerprint density at radius 3 is 2.19 bits per heavy atom. The summed E-state index contributed by atoms with van der Waals surface area (Å²) >= 11 is 0. The summed E-state index contributed by atoms with van der Waals surface area (Å²) in [6, 6.07) is 18.8. The van der Waals surface area contributed by atoms with Gasteiger partial charge in [-0.1, -0.05) is 48.5 Å². The maximum Gasteiger partial charge on any atom is 0.523 e. The van der Waals surface area contributed by atoms with Gasteiger partial charge < -0.3 is 5.02 Å². The molecule has 4 aliphatic rings. The Morgan fingerprint density at radius 1 is 0.844 bits per heavy atom. The van der Waals surface area contributed by atoms with Crippen LogP contribution in [-0.4, -0.2) is 12.1 Å². The second kappa shape index (κ2) is 7.98. The Kier molecular flexibility index (Phi) is 5.09. The minimum Gasteiger partial charge on any atom is -0.422 e. The maximum atomic E-state index is 13.0. The Hall–Kier alpha value is -2.21. The Bertz CT molecular complexity index is 1090. The first-order valence-corrected chi connectivity index (χ1v) is 11.8. The van der Waals surface area contributed by atoms with Crippen molar-refractivity contribution >= 4 is 23.4 Å². The van der Waals surface area contributed by atoms with Crippen LogP contribution in [0.1, 0.15) is 49.7 Å². The van der Waals surface area contributed by atoms with Crippen LogP contribution in [0.25, 0.3) is 10.8 Å². The maximum absolute atomic E-state index is 13.0. The molecule has 0 spiro atoms. The molecular formula is C27H28BFO3. The first kappa shape index (κ1) is 20.4. The molecule has 3 aromatic carbocycles. The first-order chi connectivity index (χ1) is 15.6. The summed E-state index contributed by atoms with van der Waals surface area (Å²) in [6.45, 7) is 0.140. The van der Waals surface area contributed by atoms with E-state index in [0.717, 1.165) is 28.7 Å². The van der Waals surface area contributed by atoms with Crippen LogP contribution in [-0.2, 0) is 21.7 Å². The van der Waals surface area contributed by atoms with Gasteiger partial charge in [-0.25, -0.2) is 9.28 Å². The Balaban J connectivity index is 1.19. The second-order valence-electron chi connectivity index (χ2n) is 10.4. The third kappa shape index (κ3) is 3.77. The Labute approximate surface area is 188 Å². The van der Waals surface area contributed by atoms with E-state index in [1.165, 1.54) is 61.6 Å². The normalized spacial score (nSPS) is 28.4. The highest BCUT2D eigenvalue weighted by molar-refractivity contribution is 6.60. The van der Waals surface area contributed by atoms with Gasteiger partial charge in [0.05, 0.1) is 0 Å². The molecule has 0 unspecified atom stereocenters. The summed E-state index contributed by atoms with van der Waals surface area (Å²) in [7, 11) is -1.18. The van der Waals surface area contributed by atoms with Crippen LogP contribution in [0.15, 0.2) is 60.7 Å². The van der Waals surface area contributed by atoms with Gasteiger partial charge in [0.2, 0.25) is 0 Å². The van der Waals surface area contributed by atoms with E-state index in [1.54, 1.807) is 12.1 Å². The molecule has 7 rings (SSSR count). The topological polar surface area (TPSA) is 38.7 Å². The molecular weight excluding hydrogens is 402 g/mol. The molecule has 4 bridgehead atoms. The smallest absolute Gasteiger partial charge is 0.422 e. The van der Waals surface area contributed by atoms with Crippen molar-refractivity contribution in [1.29, 1.82) is 0 Å². The van der Waals surface area contributed by atoms with Crippen molar-refractivity contribution in [2.24, 2.45) is 17.8 Å². The molecule has 32 heavy (non-hydrogen) atoms. The summed E-state index contributed by atoms with van der Waals surface area (Å²) in [4.78, 5) is 10.4. The van der Waals surface area contributed by atoms with Gasteiger partial charge in [0.1, 0.15) is 12.4 Å². The van der Waals surface area contributed by atoms with E-state index in [-0.39, 0.29) is 12.4 Å². The average molecular weight is 430 g/mol. The van der Waals surface area contributed by atoms with Crippen molar-refractivity contribution in [2.45, 2.75) is 50.5 Å². The average Bonchev–Trinajstić information content (AvgIpc) is 2.79. The number of benzene rings is 3. The third-order valence-corrected chi connectivity index (χ3v) is 8.10. The molecule has 1 N–H and O–H groups in total. The van der Waals surface area contributed by atoms with Crippen LogP contribution in [0.5, 0.6) is 0 Å². The van der Waals surface area contributed by atoms with Gasteiger partial charge in [0, 0.05) is 0 Å². The van der Waals surface area contributed by atoms with Gasteiger partial charge in [0.25, 0.3) is 0 Å². The van der Waals surface area contributed by atoms with Crippen LogP contribution in [0, 0.1) is 23.6 Å². The van der Waals surface area contributed by atoms with E-state index in [2.05, 4.69) is 18.2 Å². The van der Waals surface area contributed by atoms with Crippen LogP contribution in [0.4, 0.5) is 4.39 Å². The quantitative estimate of drug-likeness (QED) is 0.329. The van der Waals surface area contributed by atoms with Crippen molar-refractivity contribution in [3.05, 3.63) is 77.6 Å². The molecule has 0 atom stereocenters. The van der Waals surface area contributed by atoms with E-state index in [4.69, 9.17) is 9.69 Å². The van der Waals surface area contributed by atoms with Crippen molar-refractivity contribution in [1.82, 2.24) is 0 Å². The largest absolute Gasteiger partial charge is 0.523 e. The lowest BCUT2D eigenvalue weighted by molar-refractivity contribution is -0.231. The van der Waals surface area contributed by atoms with Gasteiger partial charge in [-0.15, -0.1) is 0 Å². The van der Waals surface area contributed by atoms with E-state index >= 15 is 0 Å². The fourth-order valence-electron chi connectivity index (χ4n) is 7.02. The van der Waals surface area contributed by atoms with Crippen LogP contribution in [0.3, 0.4) is 0 Å². The molecule has 0 aliphatic heterocycles. The van der Waals surface area contributed by atoms with Crippen LogP contribution < -0.4 is 5.46 Å². The van der Waals surface area contributed by atoms with Crippen molar-refractivity contribution in [3.63, 3.8) is 0 Å². The summed E-state index contributed by atoms with van der Waals surface area (Å²) in [5, 5.41) is 12.8. The lowest BCUT2D eigenvalue weighted by atomic mass is 9.48. The fraction of sp³-hybridized carbons (Fsp3) is 0.407.